The molecular formula is C17H26N2. The molecule has 0 aromatic heterocycles. The van der Waals surface area contributed by atoms with Crippen LogP contribution in [-0.4, -0.2) is 25.7 Å². The lowest BCUT2D eigenvalue weighted by atomic mass is 10.1. The number of unbranched alkanes of at least 4 members (excludes halogenated alkanes) is 1. The number of hydrogen-bond donors (Lipinski definition) is 1. The minimum atomic E-state index is 0.860. The third-order valence-electron chi connectivity index (χ3n) is 4.32. The van der Waals surface area contributed by atoms with Crippen LogP contribution in [-0.2, 0) is 6.42 Å². The molecule has 2 nitrogen and oxygen atoms in total. The number of nitrogens with zero attached hydrogens (tertiary/aromatic N) is 1. The Hall–Kier alpha value is -1.02. The first-order valence-corrected chi connectivity index (χ1v) is 8.00. The van der Waals surface area contributed by atoms with Crippen molar-refractivity contribution in [1.82, 2.24) is 5.32 Å². The molecule has 0 atom stereocenters. The lowest BCUT2D eigenvalue weighted by Crippen LogP contribution is -2.26. The smallest absolute Gasteiger partial charge is 0.0398 e. The van der Waals surface area contributed by atoms with E-state index in [1.54, 1.807) is 5.56 Å². The lowest BCUT2D eigenvalue weighted by molar-refractivity contribution is 0.605. The van der Waals surface area contributed by atoms with Crippen molar-refractivity contribution in [2.45, 2.75) is 51.0 Å². The molecule has 1 aromatic carbocycles. The SMILES string of the molecule is c1ccc2c(c1)CCCCN2CCCCNC1CC1. The zero-order valence-corrected chi connectivity index (χ0v) is 11.9. The number of nitrogens with one attached hydrogen (secondary N) is 1. The van der Waals surface area contributed by atoms with Crippen LogP contribution in [0.25, 0.3) is 0 Å². The summed E-state index contributed by atoms with van der Waals surface area (Å²) in [6.07, 6.45) is 9.38. The summed E-state index contributed by atoms with van der Waals surface area (Å²) in [5.74, 6) is 0. The van der Waals surface area contributed by atoms with Crippen LogP contribution in [0.2, 0.25) is 0 Å². The molecule has 0 spiro atoms. The maximum Gasteiger partial charge on any atom is 0.0398 e. The summed E-state index contributed by atoms with van der Waals surface area (Å²) in [4.78, 5) is 2.61. The zero-order chi connectivity index (χ0) is 12.9. The van der Waals surface area contributed by atoms with E-state index in [9.17, 15) is 0 Å². The number of benzene rings is 1. The van der Waals surface area contributed by atoms with Gasteiger partial charge < -0.3 is 10.2 Å². The van der Waals surface area contributed by atoms with Gasteiger partial charge in [0.25, 0.3) is 0 Å². The van der Waals surface area contributed by atoms with Crippen molar-refractivity contribution >= 4 is 5.69 Å². The van der Waals surface area contributed by atoms with Crippen LogP contribution in [0.1, 0.15) is 44.1 Å². The second-order valence-corrected chi connectivity index (χ2v) is 6.01. The van der Waals surface area contributed by atoms with Crippen LogP contribution in [0.4, 0.5) is 5.69 Å². The molecule has 1 N–H and O–H groups in total. The summed E-state index contributed by atoms with van der Waals surface area (Å²) in [5, 5.41) is 3.61. The van der Waals surface area contributed by atoms with Crippen molar-refractivity contribution < 1.29 is 0 Å². The Bertz CT molecular complexity index is 398. The number of aryl methyl sites for hydroxylation is 1. The summed E-state index contributed by atoms with van der Waals surface area (Å²) in [7, 11) is 0. The van der Waals surface area contributed by atoms with Gasteiger partial charge in [-0.2, -0.15) is 0 Å². The normalized spacial score (nSPS) is 19.1. The van der Waals surface area contributed by atoms with E-state index >= 15 is 0 Å². The van der Waals surface area contributed by atoms with Crippen LogP contribution in [0, 0.1) is 0 Å². The highest BCUT2D eigenvalue weighted by atomic mass is 15.1. The molecule has 19 heavy (non-hydrogen) atoms. The predicted octanol–water partition coefficient (Wildman–Crippen LogP) is 3.36. The summed E-state index contributed by atoms with van der Waals surface area (Å²) < 4.78 is 0. The maximum absolute atomic E-state index is 3.61. The van der Waals surface area contributed by atoms with Crippen molar-refractivity contribution in [1.29, 1.82) is 0 Å². The zero-order valence-electron chi connectivity index (χ0n) is 11.9. The second-order valence-electron chi connectivity index (χ2n) is 6.01. The molecular weight excluding hydrogens is 232 g/mol. The first kappa shape index (κ1) is 13.0. The molecule has 1 heterocycles. The van der Waals surface area contributed by atoms with Crippen LogP contribution in [0.15, 0.2) is 24.3 Å². The van der Waals surface area contributed by atoms with E-state index in [2.05, 4.69) is 34.5 Å². The van der Waals surface area contributed by atoms with E-state index in [4.69, 9.17) is 0 Å². The molecule has 0 amide bonds. The molecule has 1 saturated carbocycles. The predicted molar refractivity (Wildman–Crippen MR) is 81.9 cm³/mol. The second kappa shape index (κ2) is 6.42. The van der Waals surface area contributed by atoms with Gasteiger partial charge in [0, 0.05) is 24.8 Å². The molecule has 0 bridgehead atoms. The highest BCUT2D eigenvalue weighted by Gasteiger charge is 2.19. The fourth-order valence-corrected chi connectivity index (χ4v) is 3.02. The highest BCUT2D eigenvalue weighted by Crippen LogP contribution is 2.26. The van der Waals surface area contributed by atoms with Crippen LogP contribution in [0.3, 0.4) is 0 Å². The Labute approximate surface area is 117 Å². The Morgan fingerprint density at radius 1 is 1.11 bits per heavy atom. The number of para-hydroxylation sites is 1. The van der Waals surface area contributed by atoms with E-state index in [0.717, 1.165) is 6.04 Å². The van der Waals surface area contributed by atoms with Crippen molar-refractivity contribution in [2.75, 3.05) is 24.5 Å². The number of hydrogen-bond acceptors (Lipinski definition) is 2. The van der Waals surface area contributed by atoms with Gasteiger partial charge in [0.2, 0.25) is 0 Å². The van der Waals surface area contributed by atoms with Gasteiger partial charge in [0.1, 0.15) is 0 Å². The Kier molecular flexibility index (Phi) is 4.39. The molecule has 0 radical (unpaired) electrons. The molecule has 2 aliphatic rings. The first-order chi connectivity index (χ1) is 9.43. The largest absolute Gasteiger partial charge is 0.371 e. The first-order valence-electron chi connectivity index (χ1n) is 8.00. The molecule has 1 aromatic rings. The third-order valence-corrected chi connectivity index (χ3v) is 4.32. The molecule has 1 aliphatic heterocycles. The quantitative estimate of drug-likeness (QED) is 0.787. The van der Waals surface area contributed by atoms with Crippen molar-refractivity contribution in [3.63, 3.8) is 0 Å². The van der Waals surface area contributed by atoms with Gasteiger partial charge in [0.15, 0.2) is 0 Å². The summed E-state index contributed by atoms with van der Waals surface area (Å²) in [5.41, 5.74) is 3.05. The highest BCUT2D eigenvalue weighted by molar-refractivity contribution is 5.54. The van der Waals surface area contributed by atoms with E-state index in [0.29, 0.717) is 0 Å². The Balaban J connectivity index is 1.48. The fraction of sp³-hybridized carbons (Fsp3) is 0.647. The van der Waals surface area contributed by atoms with Gasteiger partial charge in [0.05, 0.1) is 0 Å². The van der Waals surface area contributed by atoms with E-state index in [-0.39, 0.29) is 0 Å². The van der Waals surface area contributed by atoms with Crippen LogP contribution < -0.4 is 10.2 Å². The Morgan fingerprint density at radius 3 is 2.89 bits per heavy atom. The number of anilines is 1. The lowest BCUT2D eigenvalue weighted by Gasteiger charge is -2.25. The van der Waals surface area contributed by atoms with E-state index in [1.807, 2.05) is 0 Å². The van der Waals surface area contributed by atoms with E-state index in [1.165, 1.54) is 70.3 Å². The van der Waals surface area contributed by atoms with E-state index < -0.39 is 0 Å². The molecule has 1 fully saturated rings. The molecule has 104 valence electrons. The summed E-state index contributed by atoms with van der Waals surface area (Å²) in [6.45, 7) is 3.68. The molecule has 0 unspecified atom stereocenters. The maximum atomic E-state index is 3.61. The average Bonchev–Trinajstić information content (AvgIpc) is 3.26. The third kappa shape index (κ3) is 3.73. The number of fused-ring (bicyclic) bond motifs is 1. The standard InChI is InChI=1S/C17H26N2/c1-2-9-17-15(7-1)8-3-5-13-19(17)14-6-4-12-18-16-10-11-16/h1-2,7,9,16,18H,3-6,8,10-14H2. The monoisotopic (exact) mass is 258 g/mol. The van der Waals surface area contributed by atoms with Gasteiger partial charge in [-0.3, -0.25) is 0 Å². The van der Waals surface area contributed by atoms with Gasteiger partial charge in [-0.15, -0.1) is 0 Å². The fourth-order valence-electron chi connectivity index (χ4n) is 3.02. The van der Waals surface area contributed by atoms with Crippen molar-refractivity contribution in [3.05, 3.63) is 29.8 Å². The summed E-state index contributed by atoms with van der Waals surface area (Å²) >= 11 is 0. The average molecular weight is 258 g/mol. The van der Waals surface area contributed by atoms with Gasteiger partial charge in [-0.25, -0.2) is 0 Å². The molecule has 1 aliphatic carbocycles. The summed E-state index contributed by atoms with van der Waals surface area (Å²) in [6, 6.07) is 9.85. The number of rotatable bonds is 6. The minimum Gasteiger partial charge on any atom is -0.371 e. The van der Waals surface area contributed by atoms with Gasteiger partial charge >= 0.3 is 0 Å². The minimum absolute atomic E-state index is 0.860. The van der Waals surface area contributed by atoms with Gasteiger partial charge in [-0.1, -0.05) is 18.2 Å². The van der Waals surface area contributed by atoms with Crippen LogP contribution >= 0.6 is 0 Å². The Morgan fingerprint density at radius 2 is 2.00 bits per heavy atom. The molecule has 2 heteroatoms. The molecule has 3 rings (SSSR count). The van der Waals surface area contributed by atoms with Crippen molar-refractivity contribution in [2.24, 2.45) is 0 Å². The van der Waals surface area contributed by atoms with Crippen LogP contribution in [0.5, 0.6) is 0 Å². The van der Waals surface area contributed by atoms with Crippen molar-refractivity contribution in [3.8, 4) is 0 Å². The van der Waals surface area contributed by atoms with Gasteiger partial charge in [-0.05, 0) is 63.1 Å². The molecule has 0 saturated heterocycles. The topological polar surface area (TPSA) is 15.3 Å².